The predicted octanol–water partition coefficient (Wildman–Crippen LogP) is 3.46. The van der Waals surface area contributed by atoms with Gasteiger partial charge < -0.3 is 10.2 Å². The van der Waals surface area contributed by atoms with Crippen molar-refractivity contribution in [2.45, 2.75) is 32.9 Å². The van der Waals surface area contributed by atoms with Crippen LogP contribution in [0.1, 0.15) is 37.4 Å². The highest BCUT2D eigenvalue weighted by molar-refractivity contribution is 7.88. The van der Waals surface area contributed by atoms with Crippen LogP contribution >= 0.6 is 11.6 Å². The van der Waals surface area contributed by atoms with Gasteiger partial charge in [0, 0.05) is 25.2 Å². The number of sulfonamides is 1. The summed E-state index contributed by atoms with van der Waals surface area (Å²) in [4.78, 5) is 28.1. The van der Waals surface area contributed by atoms with Crippen LogP contribution in [0.4, 0.5) is 0 Å². The second-order valence-corrected chi connectivity index (χ2v) is 11.0. The SMILES string of the molecule is CC(C)CCNC(=O)C(c1ccccc1)N(Cc1ccc(Cl)cc1)C(=O)CN(C)S(C)(=O)=O. The quantitative estimate of drug-likeness (QED) is 0.519. The molecule has 0 radical (unpaired) electrons. The third kappa shape index (κ3) is 8.46. The molecule has 1 unspecified atom stereocenters. The Balaban J connectivity index is 2.44. The van der Waals surface area contributed by atoms with Gasteiger partial charge in [0.25, 0.3) is 0 Å². The molecule has 1 N–H and O–H groups in total. The molecule has 0 aliphatic rings. The zero-order valence-corrected chi connectivity index (χ0v) is 21.1. The van der Waals surface area contributed by atoms with Crippen LogP contribution < -0.4 is 5.32 Å². The topological polar surface area (TPSA) is 86.8 Å². The van der Waals surface area contributed by atoms with Gasteiger partial charge in [-0.15, -0.1) is 0 Å². The minimum Gasteiger partial charge on any atom is -0.354 e. The second kappa shape index (κ2) is 12.2. The lowest BCUT2D eigenvalue weighted by Crippen LogP contribution is -2.47. The van der Waals surface area contributed by atoms with E-state index in [2.05, 4.69) is 19.2 Å². The number of carbonyl (C=O) groups is 2. The van der Waals surface area contributed by atoms with Gasteiger partial charge in [0.2, 0.25) is 21.8 Å². The van der Waals surface area contributed by atoms with Crippen LogP contribution in [0, 0.1) is 5.92 Å². The predicted molar refractivity (Wildman–Crippen MR) is 131 cm³/mol. The molecule has 9 heteroatoms. The van der Waals surface area contributed by atoms with Crippen LogP contribution in [-0.2, 0) is 26.2 Å². The Labute approximate surface area is 201 Å². The maximum Gasteiger partial charge on any atom is 0.247 e. The van der Waals surface area contributed by atoms with Crippen LogP contribution in [0.2, 0.25) is 5.02 Å². The molecule has 0 heterocycles. The average molecular weight is 494 g/mol. The summed E-state index contributed by atoms with van der Waals surface area (Å²) in [6, 6.07) is 15.1. The van der Waals surface area contributed by atoms with Crippen LogP contribution in [0.5, 0.6) is 0 Å². The van der Waals surface area contributed by atoms with E-state index in [1.54, 1.807) is 48.5 Å². The van der Waals surface area contributed by atoms with Crippen molar-refractivity contribution in [1.29, 1.82) is 0 Å². The molecule has 0 aliphatic carbocycles. The number of amides is 2. The smallest absolute Gasteiger partial charge is 0.247 e. The Morgan fingerprint density at radius 3 is 2.18 bits per heavy atom. The van der Waals surface area contributed by atoms with Gasteiger partial charge in [-0.05, 0) is 35.6 Å². The third-order valence-electron chi connectivity index (χ3n) is 5.21. The maximum absolute atomic E-state index is 13.4. The van der Waals surface area contributed by atoms with Crippen LogP contribution in [0.25, 0.3) is 0 Å². The molecule has 2 aromatic rings. The molecule has 0 fully saturated rings. The molecule has 0 bridgehead atoms. The van der Waals surface area contributed by atoms with Gasteiger partial charge >= 0.3 is 0 Å². The number of hydrogen-bond donors (Lipinski definition) is 1. The molecular formula is C24H32ClN3O4S. The van der Waals surface area contributed by atoms with E-state index in [-0.39, 0.29) is 19.0 Å². The largest absolute Gasteiger partial charge is 0.354 e. The molecule has 2 amide bonds. The summed E-state index contributed by atoms with van der Waals surface area (Å²) in [5.41, 5.74) is 1.41. The van der Waals surface area contributed by atoms with Gasteiger partial charge in [-0.1, -0.05) is 67.9 Å². The monoisotopic (exact) mass is 493 g/mol. The lowest BCUT2D eigenvalue weighted by molar-refractivity contribution is -0.141. The average Bonchev–Trinajstić information content (AvgIpc) is 2.74. The fraction of sp³-hybridized carbons (Fsp3) is 0.417. The molecule has 0 saturated carbocycles. The van der Waals surface area contributed by atoms with Gasteiger partial charge in [0.1, 0.15) is 6.04 Å². The van der Waals surface area contributed by atoms with Crippen molar-refractivity contribution in [3.63, 3.8) is 0 Å². The zero-order valence-electron chi connectivity index (χ0n) is 19.5. The number of carbonyl (C=O) groups excluding carboxylic acids is 2. The lowest BCUT2D eigenvalue weighted by Gasteiger charge is -2.32. The minimum absolute atomic E-state index is 0.116. The van der Waals surface area contributed by atoms with Crippen LogP contribution in [0.15, 0.2) is 54.6 Å². The molecule has 0 saturated heterocycles. The van der Waals surface area contributed by atoms with E-state index in [4.69, 9.17) is 11.6 Å². The highest BCUT2D eigenvalue weighted by Crippen LogP contribution is 2.25. The normalized spacial score (nSPS) is 12.6. The van der Waals surface area contributed by atoms with E-state index in [9.17, 15) is 18.0 Å². The highest BCUT2D eigenvalue weighted by atomic mass is 35.5. The molecule has 0 aromatic heterocycles. The van der Waals surface area contributed by atoms with E-state index in [0.717, 1.165) is 22.5 Å². The van der Waals surface area contributed by atoms with Crippen molar-refractivity contribution in [2.24, 2.45) is 5.92 Å². The summed E-state index contributed by atoms with van der Waals surface area (Å²) in [5.74, 6) is -0.382. The number of rotatable bonds is 11. The van der Waals surface area contributed by atoms with Gasteiger partial charge in [0.05, 0.1) is 12.8 Å². The van der Waals surface area contributed by atoms with E-state index in [1.165, 1.54) is 11.9 Å². The number of nitrogens with one attached hydrogen (secondary N) is 1. The number of likely N-dealkylation sites (N-methyl/N-ethyl adjacent to an activating group) is 1. The second-order valence-electron chi connectivity index (χ2n) is 8.45. The Morgan fingerprint density at radius 1 is 1.03 bits per heavy atom. The number of nitrogens with zero attached hydrogens (tertiary/aromatic N) is 2. The van der Waals surface area contributed by atoms with Crippen molar-refractivity contribution in [3.05, 3.63) is 70.7 Å². The molecule has 2 aromatic carbocycles. The van der Waals surface area contributed by atoms with Gasteiger partial charge in [0.15, 0.2) is 0 Å². The van der Waals surface area contributed by atoms with Gasteiger partial charge in [-0.25, -0.2) is 8.42 Å². The molecule has 7 nitrogen and oxygen atoms in total. The van der Waals surface area contributed by atoms with Crippen molar-refractivity contribution in [2.75, 3.05) is 26.4 Å². The molecule has 180 valence electrons. The first kappa shape index (κ1) is 26.8. The Kier molecular flexibility index (Phi) is 9.88. The molecule has 0 spiro atoms. The van der Waals surface area contributed by atoms with Crippen molar-refractivity contribution in [1.82, 2.24) is 14.5 Å². The summed E-state index contributed by atoms with van der Waals surface area (Å²) in [6.45, 7) is 4.35. The zero-order chi connectivity index (χ0) is 24.6. The summed E-state index contributed by atoms with van der Waals surface area (Å²) in [5, 5.41) is 3.50. The molecule has 1 atom stereocenters. The molecular weight excluding hydrogens is 462 g/mol. The first-order chi connectivity index (χ1) is 15.5. The van der Waals surface area contributed by atoms with E-state index < -0.39 is 22.0 Å². The van der Waals surface area contributed by atoms with Gasteiger partial charge in [-0.2, -0.15) is 4.31 Å². The van der Waals surface area contributed by atoms with Crippen molar-refractivity contribution >= 4 is 33.4 Å². The van der Waals surface area contributed by atoms with Gasteiger partial charge in [-0.3, -0.25) is 9.59 Å². The maximum atomic E-state index is 13.4. The number of hydrogen-bond acceptors (Lipinski definition) is 4. The number of halogens is 1. The van der Waals surface area contributed by atoms with Crippen molar-refractivity contribution < 1.29 is 18.0 Å². The summed E-state index contributed by atoms with van der Waals surface area (Å²) in [7, 11) is -2.24. The Hall–Kier alpha value is -2.42. The van der Waals surface area contributed by atoms with E-state index >= 15 is 0 Å². The fourth-order valence-corrected chi connectivity index (χ4v) is 3.67. The first-order valence-corrected chi connectivity index (χ1v) is 13.0. The summed E-state index contributed by atoms with van der Waals surface area (Å²) < 4.78 is 24.8. The first-order valence-electron chi connectivity index (χ1n) is 10.8. The lowest BCUT2D eigenvalue weighted by atomic mass is 10.0. The minimum atomic E-state index is -3.58. The van der Waals surface area contributed by atoms with Crippen LogP contribution in [-0.4, -0.2) is 55.8 Å². The summed E-state index contributed by atoms with van der Waals surface area (Å²) >= 11 is 6.00. The fourth-order valence-electron chi connectivity index (χ4n) is 3.20. The Morgan fingerprint density at radius 2 is 1.64 bits per heavy atom. The molecule has 0 aliphatic heterocycles. The standard InChI is InChI=1S/C24H32ClN3O4S/c1-18(2)14-15-26-24(30)23(20-8-6-5-7-9-20)28(16-19-10-12-21(25)13-11-19)22(29)17-27(3)33(4,31)32/h5-13,18,23H,14-17H2,1-4H3,(H,26,30). The number of benzene rings is 2. The highest BCUT2D eigenvalue weighted by Gasteiger charge is 2.32. The Bertz CT molecular complexity index is 1030. The van der Waals surface area contributed by atoms with E-state index in [1.807, 2.05) is 6.07 Å². The molecule has 2 rings (SSSR count). The van der Waals surface area contributed by atoms with Crippen molar-refractivity contribution in [3.8, 4) is 0 Å². The van der Waals surface area contributed by atoms with Crippen LogP contribution in [0.3, 0.4) is 0 Å². The van der Waals surface area contributed by atoms with E-state index in [0.29, 0.717) is 23.0 Å². The summed E-state index contributed by atoms with van der Waals surface area (Å²) in [6.07, 6.45) is 1.84. The third-order valence-corrected chi connectivity index (χ3v) is 6.72. The molecule has 33 heavy (non-hydrogen) atoms.